The predicted molar refractivity (Wildman–Crippen MR) is 68.4 cm³/mol. The Morgan fingerprint density at radius 2 is 1.81 bits per heavy atom. The van der Waals surface area contributed by atoms with Crippen molar-refractivity contribution in [3.8, 4) is 0 Å². The van der Waals surface area contributed by atoms with Gasteiger partial charge in [-0.2, -0.15) is 0 Å². The summed E-state index contributed by atoms with van der Waals surface area (Å²) in [5, 5.41) is 0.517. The molecule has 1 aromatic carbocycles. The van der Waals surface area contributed by atoms with Crippen molar-refractivity contribution in [3.05, 3.63) is 29.8 Å². The quantitative estimate of drug-likeness (QED) is 0.820. The van der Waals surface area contributed by atoms with Crippen LogP contribution in [-0.4, -0.2) is 29.5 Å². The second kappa shape index (κ2) is 5.13. The van der Waals surface area contributed by atoms with E-state index >= 15 is 0 Å². The molecule has 1 atom stereocenters. The van der Waals surface area contributed by atoms with E-state index in [1.165, 1.54) is 6.66 Å². The third-order valence-electron chi connectivity index (χ3n) is 2.73. The van der Waals surface area contributed by atoms with Gasteiger partial charge in [-0.15, -0.1) is 0 Å². The molecule has 1 rings (SSSR count). The van der Waals surface area contributed by atoms with Gasteiger partial charge in [0.2, 0.25) is 7.37 Å². The van der Waals surface area contributed by atoms with Crippen LogP contribution in [0.5, 0.6) is 0 Å². The van der Waals surface area contributed by atoms with E-state index in [2.05, 4.69) is 25.8 Å². The average molecular weight is 241 g/mol. The van der Waals surface area contributed by atoms with Crippen molar-refractivity contribution in [2.45, 2.75) is 26.4 Å². The van der Waals surface area contributed by atoms with Crippen LogP contribution in [0.15, 0.2) is 24.3 Å². The Balaban J connectivity index is 2.76. The molecule has 4 heteroatoms. The van der Waals surface area contributed by atoms with Gasteiger partial charge in [0.1, 0.15) is 0 Å². The van der Waals surface area contributed by atoms with Gasteiger partial charge in [-0.1, -0.05) is 12.1 Å². The predicted octanol–water partition coefficient (Wildman–Crippen LogP) is 2.05. The standard InChI is InChI=1S/C12H20NO2P/c1-10(2)13(3)9-11-5-7-12(8-6-11)16(4,14)15/h5-8,10H,9H2,1-4H3,(H,14,15). The van der Waals surface area contributed by atoms with Crippen LogP contribution in [0.4, 0.5) is 0 Å². The van der Waals surface area contributed by atoms with Crippen molar-refractivity contribution >= 4 is 12.7 Å². The van der Waals surface area contributed by atoms with Gasteiger partial charge in [0.25, 0.3) is 0 Å². The third kappa shape index (κ3) is 3.75. The lowest BCUT2D eigenvalue weighted by Crippen LogP contribution is -2.25. The van der Waals surface area contributed by atoms with Gasteiger partial charge in [0.15, 0.2) is 0 Å². The topological polar surface area (TPSA) is 40.5 Å². The lowest BCUT2D eigenvalue weighted by molar-refractivity contribution is 0.266. The minimum atomic E-state index is -3.10. The molecule has 0 aliphatic heterocycles. The summed E-state index contributed by atoms with van der Waals surface area (Å²) in [5.74, 6) is 0. The van der Waals surface area contributed by atoms with Crippen LogP contribution in [0.3, 0.4) is 0 Å². The van der Waals surface area contributed by atoms with Crippen LogP contribution in [0.25, 0.3) is 0 Å². The van der Waals surface area contributed by atoms with Gasteiger partial charge in [-0.3, -0.25) is 9.46 Å². The minimum absolute atomic E-state index is 0.495. The summed E-state index contributed by atoms with van der Waals surface area (Å²) in [6, 6.07) is 7.81. The molecule has 90 valence electrons. The zero-order valence-electron chi connectivity index (χ0n) is 10.3. The van der Waals surface area contributed by atoms with Crippen molar-refractivity contribution in [2.75, 3.05) is 13.7 Å². The largest absolute Gasteiger partial charge is 0.341 e. The maximum Gasteiger partial charge on any atom is 0.226 e. The molecule has 0 aliphatic carbocycles. The summed E-state index contributed by atoms with van der Waals surface area (Å²) < 4.78 is 11.4. The fourth-order valence-electron chi connectivity index (χ4n) is 1.35. The Labute approximate surface area is 97.6 Å². The average Bonchev–Trinajstić information content (AvgIpc) is 2.17. The fourth-order valence-corrected chi connectivity index (χ4v) is 2.05. The monoisotopic (exact) mass is 241 g/mol. The first-order valence-electron chi connectivity index (χ1n) is 5.40. The number of nitrogens with zero attached hydrogens (tertiary/aromatic N) is 1. The molecule has 0 bridgehead atoms. The van der Waals surface area contributed by atoms with E-state index in [0.29, 0.717) is 11.3 Å². The van der Waals surface area contributed by atoms with E-state index in [4.69, 9.17) is 0 Å². The van der Waals surface area contributed by atoms with Crippen LogP contribution in [0.1, 0.15) is 19.4 Å². The van der Waals surface area contributed by atoms with Gasteiger partial charge >= 0.3 is 0 Å². The SMILES string of the molecule is CC(C)N(C)Cc1ccc(P(C)(=O)O)cc1. The molecular formula is C12H20NO2P. The Morgan fingerprint density at radius 3 is 2.19 bits per heavy atom. The summed E-state index contributed by atoms with van der Waals surface area (Å²) in [6.45, 7) is 6.50. The molecule has 1 aromatic rings. The van der Waals surface area contributed by atoms with Gasteiger partial charge in [-0.05, 0) is 38.6 Å². The van der Waals surface area contributed by atoms with Gasteiger partial charge in [0, 0.05) is 24.6 Å². The first kappa shape index (κ1) is 13.4. The van der Waals surface area contributed by atoms with Crippen molar-refractivity contribution in [1.29, 1.82) is 0 Å². The lowest BCUT2D eigenvalue weighted by Gasteiger charge is -2.21. The summed E-state index contributed by atoms with van der Waals surface area (Å²) >= 11 is 0. The van der Waals surface area contributed by atoms with Crippen molar-refractivity contribution in [3.63, 3.8) is 0 Å². The summed E-state index contributed by atoms with van der Waals surface area (Å²) in [5.41, 5.74) is 1.16. The molecule has 0 heterocycles. The summed E-state index contributed by atoms with van der Waals surface area (Å²) in [4.78, 5) is 11.6. The molecular weight excluding hydrogens is 221 g/mol. The molecule has 0 saturated heterocycles. The van der Waals surface area contributed by atoms with E-state index in [1.54, 1.807) is 12.1 Å². The molecule has 0 fully saturated rings. The van der Waals surface area contributed by atoms with Gasteiger partial charge in [0.05, 0.1) is 0 Å². The van der Waals surface area contributed by atoms with Gasteiger partial charge < -0.3 is 4.89 Å². The highest BCUT2D eigenvalue weighted by Crippen LogP contribution is 2.33. The summed E-state index contributed by atoms with van der Waals surface area (Å²) in [6.07, 6.45) is 0. The first-order valence-corrected chi connectivity index (χ1v) is 7.51. The molecule has 0 aromatic heterocycles. The second-order valence-electron chi connectivity index (χ2n) is 4.55. The summed E-state index contributed by atoms with van der Waals surface area (Å²) in [7, 11) is -1.04. The Morgan fingerprint density at radius 1 is 1.31 bits per heavy atom. The molecule has 3 nitrogen and oxygen atoms in total. The van der Waals surface area contributed by atoms with E-state index in [-0.39, 0.29) is 0 Å². The minimum Gasteiger partial charge on any atom is -0.341 e. The van der Waals surface area contributed by atoms with Crippen LogP contribution in [0.2, 0.25) is 0 Å². The van der Waals surface area contributed by atoms with Crippen molar-refractivity contribution < 1.29 is 9.46 Å². The number of hydrogen-bond acceptors (Lipinski definition) is 2. The van der Waals surface area contributed by atoms with Crippen LogP contribution in [0, 0.1) is 0 Å². The molecule has 0 spiro atoms. The molecule has 0 saturated carbocycles. The molecule has 1 unspecified atom stereocenters. The fraction of sp³-hybridized carbons (Fsp3) is 0.500. The smallest absolute Gasteiger partial charge is 0.226 e. The Kier molecular flexibility index (Phi) is 4.31. The highest BCUT2D eigenvalue weighted by atomic mass is 31.2. The van der Waals surface area contributed by atoms with Crippen LogP contribution in [-0.2, 0) is 11.1 Å². The van der Waals surface area contributed by atoms with Gasteiger partial charge in [-0.25, -0.2) is 0 Å². The third-order valence-corrected chi connectivity index (χ3v) is 3.99. The highest BCUT2D eigenvalue weighted by Gasteiger charge is 2.13. The number of rotatable bonds is 4. The maximum atomic E-state index is 11.4. The highest BCUT2D eigenvalue weighted by molar-refractivity contribution is 7.65. The molecule has 16 heavy (non-hydrogen) atoms. The lowest BCUT2D eigenvalue weighted by atomic mass is 10.2. The normalized spacial score (nSPS) is 15.4. The zero-order chi connectivity index (χ0) is 12.3. The van der Waals surface area contributed by atoms with E-state index in [9.17, 15) is 9.46 Å². The van der Waals surface area contributed by atoms with Crippen LogP contribution >= 0.6 is 7.37 Å². The zero-order valence-corrected chi connectivity index (χ0v) is 11.2. The second-order valence-corrected chi connectivity index (χ2v) is 6.83. The van der Waals surface area contributed by atoms with E-state index < -0.39 is 7.37 Å². The first-order chi connectivity index (χ1) is 7.30. The molecule has 0 amide bonds. The molecule has 1 N–H and O–H groups in total. The Bertz CT molecular complexity index is 381. The van der Waals surface area contributed by atoms with E-state index in [1.807, 2.05) is 12.1 Å². The van der Waals surface area contributed by atoms with Crippen LogP contribution < -0.4 is 5.30 Å². The number of benzene rings is 1. The van der Waals surface area contributed by atoms with Crippen molar-refractivity contribution in [1.82, 2.24) is 4.90 Å². The molecule has 0 radical (unpaired) electrons. The molecule has 0 aliphatic rings. The van der Waals surface area contributed by atoms with Crippen molar-refractivity contribution in [2.24, 2.45) is 0 Å². The maximum absolute atomic E-state index is 11.4. The number of hydrogen-bond donors (Lipinski definition) is 1. The van der Waals surface area contributed by atoms with E-state index in [0.717, 1.165) is 12.1 Å². The Hall–Kier alpha value is -0.630.